The highest BCUT2D eigenvalue weighted by Gasteiger charge is 2.64. The van der Waals surface area contributed by atoms with Crippen molar-refractivity contribution in [3.05, 3.63) is 45.2 Å². The molecule has 1 aromatic carbocycles. The normalized spacial score (nSPS) is 30.2. The minimum atomic E-state index is -4.87. The Morgan fingerprint density at radius 1 is 1.22 bits per heavy atom. The maximum atomic E-state index is 14.6. The number of nitrogens with zero attached hydrogens (tertiary/aromatic N) is 1. The molecule has 222 valence electrons. The van der Waals surface area contributed by atoms with E-state index in [0.29, 0.717) is 19.4 Å². The number of nitrogens with one attached hydrogen (secondary N) is 1. The van der Waals surface area contributed by atoms with Gasteiger partial charge in [-0.2, -0.15) is 13.2 Å². The predicted molar refractivity (Wildman–Crippen MR) is 138 cm³/mol. The van der Waals surface area contributed by atoms with Crippen LogP contribution in [0.2, 0.25) is 0 Å². The molecular formula is C28H32F3N3O7. The number of aromatic hydroxyl groups is 1. The van der Waals surface area contributed by atoms with Gasteiger partial charge >= 0.3 is 6.18 Å². The molecule has 0 bridgehead atoms. The van der Waals surface area contributed by atoms with Crippen LogP contribution in [0.4, 0.5) is 13.2 Å². The number of ketones is 2. The van der Waals surface area contributed by atoms with Crippen molar-refractivity contribution < 1.29 is 48.0 Å². The van der Waals surface area contributed by atoms with E-state index in [2.05, 4.69) is 5.32 Å². The SMILES string of the molecule is CC(C)N(C)[C@@H]1C(=O)C(C(N)=O)=C(O)[C@@]2(O)C(=O)C3=C(O)c4c(O)cc(C5CCCN5)c(C(F)(F)F)c4C[C@H]3C[C@@H]12. The monoisotopic (exact) mass is 579 g/mol. The number of fused-ring (bicyclic) bond motifs is 3. The summed E-state index contributed by atoms with van der Waals surface area (Å²) in [6, 6.07) is -1.44. The summed E-state index contributed by atoms with van der Waals surface area (Å²) >= 11 is 0. The van der Waals surface area contributed by atoms with Crippen LogP contribution in [0, 0.1) is 11.8 Å². The Labute approximate surface area is 233 Å². The van der Waals surface area contributed by atoms with Crippen molar-refractivity contribution in [1.29, 1.82) is 0 Å². The number of hydrogen-bond donors (Lipinski definition) is 6. The van der Waals surface area contributed by atoms with Gasteiger partial charge in [-0.15, -0.1) is 0 Å². The molecule has 5 rings (SSSR count). The Hall–Kier alpha value is -3.42. The second-order valence-electron chi connectivity index (χ2n) is 11.6. The molecule has 5 atom stereocenters. The number of carbonyl (C=O) groups excluding carboxylic acids is 3. The van der Waals surface area contributed by atoms with Crippen LogP contribution in [-0.4, -0.2) is 74.1 Å². The van der Waals surface area contributed by atoms with Crippen molar-refractivity contribution >= 4 is 23.2 Å². The standard InChI is InChI=1S/C28H32F3N3O7/c1-10(2)34(3)21-14-8-11-7-13-18(16(35)9-12(15-5-4-6-33-15)20(13)28(29,30)31)22(36)17(11)24(38)27(14,41)25(39)19(23(21)37)26(32)40/h9-11,14-15,21,33,35-36,39,41H,4-8H2,1-3H3,(H2,32,40)/t11-,14-,15?,21-,27-/m0/s1. The van der Waals surface area contributed by atoms with Crippen LogP contribution in [0.5, 0.6) is 5.75 Å². The van der Waals surface area contributed by atoms with Crippen LogP contribution < -0.4 is 11.1 Å². The van der Waals surface area contributed by atoms with Crippen LogP contribution in [0.15, 0.2) is 23.0 Å². The van der Waals surface area contributed by atoms with Gasteiger partial charge in [0.2, 0.25) is 5.78 Å². The zero-order valence-corrected chi connectivity index (χ0v) is 22.7. The lowest BCUT2D eigenvalue weighted by atomic mass is 9.57. The number of amides is 1. The largest absolute Gasteiger partial charge is 0.508 e. The van der Waals surface area contributed by atoms with Crippen LogP contribution >= 0.6 is 0 Å². The number of aliphatic hydroxyl groups excluding tert-OH is 2. The molecule has 41 heavy (non-hydrogen) atoms. The third-order valence-corrected chi connectivity index (χ3v) is 9.17. The fraction of sp³-hybridized carbons (Fsp3) is 0.536. The van der Waals surface area contributed by atoms with Gasteiger partial charge in [0.15, 0.2) is 11.4 Å². The topological polar surface area (TPSA) is 173 Å². The maximum Gasteiger partial charge on any atom is 0.417 e. The van der Waals surface area contributed by atoms with E-state index in [1.807, 2.05) is 0 Å². The smallest absolute Gasteiger partial charge is 0.417 e. The highest BCUT2D eigenvalue weighted by Crippen LogP contribution is 2.55. The van der Waals surface area contributed by atoms with Gasteiger partial charge in [0.1, 0.15) is 22.8 Å². The van der Waals surface area contributed by atoms with Gasteiger partial charge in [-0.1, -0.05) is 0 Å². The van der Waals surface area contributed by atoms with Gasteiger partial charge in [-0.3, -0.25) is 19.3 Å². The van der Waals surface area contributed by atoms with Crippen molar-refractivity contribution in [2.75, 3.05) is 13.6 Å². The number of halogens is 3. The number of Topliss-reactive ketones (excluding diaryl/α,β-unsaturated/α-hetero) is 2. The predicted octanol–water partition coefficient (Wildman–Crippen LogP) is 2.19. The first-order chi connectivity index (χ1) is 19.0. The van der Waals surface area contributed by atoms with Crippen LogP contribution in [-0.2, 0) is 27.0 Å². The quantitative estimate of drug-likeness (QED) is 0.292. The number of nitrogens with two attached hydrogens (primary N) is 1. The molecular weight excluding hydrogens is 547 g/mol. The average molecular weight is 580 g/mol. The molecule has 1 heterocycles. The molecule has 7 N–H and O–H groups in total. The number of likely N-dealkylation sites (N-methyl/N-ethyl adjacent to an activating group) is 1. The molecule has 4 aliphatic rings. The van der Waals surface area contributed by atoms with Gasteiger partial charge in [0.05, 0.1) is 17.2 Å². The molecule has 0 aromatic heterocycles. The molecule has 2 fully saturated rings. The molecule has 0 spiro atoms. The number of phenolic OH excluding ortho intramolecular Hbond substituents is 1. The van der Waals surface area contributed by atoms with E-state index in [0.717, 1.165) is 6.07 Å². The van der Waals surface area contributed by atoms with Gasteiger partial charge < -0.3 is 31.5 Å². The Kier molecular flexibility index (Phi) is 6.79. The first-order valence-corrected chi connectivity index (χ1v) is 13.4. The van der Waals surface area contributed by atoms with E-state index in [4.69, 9.17) is 5.73 Å². The van der Waals surface area contributed by atoms with Gasteiger partial charge in [0, 0.05) is 23.6 Å². The van der Waals surface area contributed by atoms with E-state index in [-0.39, 0.29) is 23.6 Å². The second-order valence-corrected chi connectivity index (χ2v) is 11.6. The number of rotatable bonds is 4. The van der Waals surface area contributed by atoms with Crippen LogP contribution in [0.25, 0.3) is 5.76 Å². The average Bonchev–Trinajstić information content (AvgIpc) is 3.39. The molecule has 0 radical (unpaired) electrons. The Morgan fingerprint density at radius 3 is 2.41 bits per heavy atom. The van der Waals surface area contributed by atoms with Crippen molar-refractivity contribution in [3.8, 4) is 5.75 Å². The Bertz CT molecular complexity index is 1430. The lowest BCUT2D eigenvalue weighted by molar-refractivity contribution is -0.155. The number of benzene rings is 1. The molecule has 10 nitrogen and oxygen atoms in total. The van der Waals surface area contributed by atoms with Gasteiger partial charge in [-0.05, 0) is 76.2 Å². The first-order valence-electron chi connectivity index (χ1n) is 13.4. The summed E-state index contributed by atoms with van der Waals surface area (Å²) in [5, 5.41) is 47.9. The Balaban J connectivity index is 1.76. The Morgan fingerprint density at radius 2 is 1.88 bits per heavy atom. The van der Waals surface area contributed by atoms with E-state index in [9.17, 15) is 48.0 Å². The molecule has 1 aromatic rings. The zero-order valence-electron chi connectivity index (χ0n) is 22.7. The van der Waals surface area contributed by atoms with Crippen molar-refractivity contribution in [2.24, 2.45) is 17.6 Å². The number of hydrogen-bond acceptors (Lipinski definition) is 9. The summed E-state index contributed by atoms with van der Waals surface area (Å²) in [5.41, 5.74) is -1.13. The molecule has 3 aliphatic carbocycles. The summed E-state index contributed by atoms with van der Waals surface area (Å²) in [5.74, 6) is -8.95. The second kappa shape index (κ2) is 9.57. The molecule has 1 aliphatic heterocycles. The number of aliphatic hydroxyl groups is 3. The lowest BCUT2D eigenvalue weighted by Gasteiger charge is -2.51. The molecule has 13 heteroatoms. The highest BCUT2D eigenvalue weighted by molar-refractivity contribution is 6.24. The number of primary amides is 1. The minimum Gasteiger partial charge on any atom is -0.508 e. The van der Waals surface area contributed by atoms with Crippen LogP contribution in [0.3, 0.4) is 0 Å². The van der Waals surface area contributed by atoms with E-state index < -0.39 is 99.1 Å². The number of carbonyl (C=O) groups is 3. The first kappa shape index (κ1) is 29.1. The highest BCUT2D eigenvalue weighted by atomic mass is 19.4. The lowest BCUT2D eigenvalue weighted by Crippen LogP contribution is -2.66. The number of phenols is 1. The fourth-order valence-electron chi connectivity index (χ4n) is 7.10. The molecule has 1 unspecified atom stereocenters. The third kappa shape index (κ3) is 4.08. The van der Waals surface area contributed by atoms with Crippen molar-refractivity contribution in [2.45, 2.75) is 69.4 Å². The molecule has 1 amide bonds. The summed E-state index contributed by atoms with van der Waals surface area (Å²) < 4.78 is 43.8. The van der Waals surface area contributed by atoms with E-state index in [1.165, 1.54) is 11.9 Å². The summed E-state index contributed by atoms with van der Waals surface area (Å²) in [6.07, 6.45) is -4.56. The third-order valence-electron chi connectivity index (χ3n) is 9.17. The van der Waals surface area contributed by atoms with Crippen molar-refractivity contribution in [1.82, 2.24) is 10.2 Å². The van der Waals surface area contributed by atoms with E-state index >= 15 is 0 Å². The summed E-state index contributed by atoms with van der Waals surface area (Å²) in [7, 11) is 1.51. The van der Waals surface area contributed by atoms with Crippen LogP contribution in [0.1, 0.15) is 61.4 Å². The number of alkyl halides is 3. The molecule has 1 saturated carbocycles. The van der Waals surface area contributed by atoms with Crippen molar-refractivity contribution in [3.63, 3.8) is 0 Å². The van der Waals surface area contributed by atoms with Gasteiger partial charge in [-0.25, -0.2) is 0 Å². The fourth-order valence-corrected chi connectivity index (χ4v) is 7.10. The summed E-state index contributed by atoms with van der Waals surface area (Å²) in [6.45, 7) is 3.92. The van der Waals surface area contributed by atoms with E-state index in [1.54, 1.807) is 13.8 Å². The minimum absolute atomic E-state index is 0.168. The maximum absolute atomic E-state index is 14.6. The summed E-state index contributed by atoms with van der Waals surface area (Å²) in [4.78, 5) is 41.1. The molecule has 1 saturated heterocycles. The van der Waals surface area contributed by atoms with Gasteiger partial charge in [0.25, 0.3) is 5.91 Å². The zero-order chi connectivity index (χ0) is 30.3.